The molecule has 32 heavy (non-hydrogen) atoms. The average molecular weight is 474 g/mol. The predicted molar refractivity (Wildman–Crippen MR) is 116 cm³/mol. The number of hydrogen-bond donors (Lipinski definition) is 3. The van der Waals surface area contributed by atoms with Crippen LogP contribution < -0.4 is 21.9 Å². The highest BCUT2D eigenvalue weighted by Gasteiger charge is 2.47. The molecule has 174 valence electrons. The number of nitrogens with two attached hydrogens (primary N) is 1. The van der Waals surface area contributed by atoms with E-state index in [-0.39, 0.29) is 54.0 Å². The number of alkyl halides is 3. The Kier molecular flexibility index (Phi) is 6.38. The van der Waals surface area contributed by atoms with Gasteiger partial charge in [-0.3, -0.25) is 24.0 Å². The summed E-state index contributed by atoms with van der Waals surface area (Å²) < 4.78 is 39.6. The highest BCUT2D eigenvalue weighted by atomic mass is 35.5. The largest absolute Gasteiger partial charge is 0.401 e. The Bertz CT molecular complexity index is 1070. The SMILES string of the molecule is C=N/C(N)=C(Cl)\C(=N/C)Nc1cc(C)c2n(c1=O)C1(CCN(CC(F)(F)F)CC1)NC2=O. The van der Waals surface area contributed by atoms with Crippen molar-refractivity contribution in [2.75, 3.05) is 32.0 Å². The molecule has 1 aromatic rings. The summed E-state index contributed by atoms with van der Waals surface area (Å²) in [5.74, 6) is -0.471. The van der Waals surface area contributed by atoms with Crippen LogP contribution in [-0.2, 0) is 5.66 Å². The molecule has 0 saturated carbocycles. The van der Waals surface area contributed by atoms with Gasteiger partial charge >= 0.3 is 6.18 Å². The minimum atomic E-state index is -4.32. The van der Waals surface area contributed by atoms with E-state index in [1.54, 1.807) is 6.92 Å². The molecular formula is C19H23ClF3N7O2. The van der Waals surface area contributed by atoms with E-state index in [1.807, 2.05) is 0 Å². The van der Waals surface area contributed by atoms with Gasteiger partial charge in [0.15, 0.2) is 0 Å². The van der Waals surface area contributed by atoms with Gasteiger partial charge in [-0.05, 0) is 25.3 Å². The smallest absolute Gasteiger partial charge is 0.382 e. The number of rotatable bonds is 4. The number of likely N-dealkylation sites (tertiary alicyclic amines) is 1. The molecule has 1 aromatic heterocycles. The number of anilines is 1. The maximum atomic E-state index is 13.4. The molecule has 2 aliphatic rings. The van der Waals surface area contributed by atoms with Gasteiger partial charge in [-0.15, -0.1) is 0 Å². The van der Waals surface area contributed by atoms with Crippen molar-refractivity contribution in [3.05, 3.63) is 38.5 Å². The van der Waals surface area contributed by atoms with E-state index >= 15 is 0 Å². The Labute approximate surface area is 186 Å². The summed E-state index contributed by atoms with van der Waals surface area (Å²) in [4.78, 5) is 34.8. The molecule has 0 atom stereocenters. The van der Waals surface area contributed by atoms with Crippen molar-refractivity contribution < 1.29 is 18.0 Å². The molecule has 9 nitrogen and oxygen atoms in total. The first-order valence-electron chi connectivity index (χ1n) is 9.67. The van der Waals surface area contributed by atoms with E-state index in [0.29, 0.717) is 5.56 Å². The molecule has 0 radical (unpaired) electrons. The minimum Gasteiger partial charge on any atom is -0.382 e. The van der Waals surface area contributed by atoms with Gasteiger partial charge < -0.3 is 16.4 Å². The van der Waals surface area contributed by atoms with Crippen molar-refractivity contribution in [1.29, 1.82) is 0 Å². The van der Waals surface area contributed by atoms with Crippen molar-refractivity contribution in [3.8, 4) is 0 Å². The van der Waals surface area contributed by atoms with Crippen LogP contribution in [0.5, 0.6) is 0 Å². The number of fused-ring (bicyclic) bond motifs is 2. The van der Waals surface area contributed by atoms with Gasteiger partial charge in [0.1, 0.15) is 33.7 Å². The number of amidine groups is 1. The summed E-state index contributed by atoms with van der Waals surface area (Å²) in [6.07, 6.45) is -4.03. The molecule has 13 heteroatoms. The van der Waals surface area contributed by atoms with Crippen LogP contribution in [0.4, 0.5) is 18.9 Å². The third kappa shape index (κ3) is 4.37. The zero-order chi connectivity index (χ0) is 23.8. The fourth-order valence-corrected chi connectivity index (χ4v) is 4.25. The molecule has 0 aromatic carbocycles. The number of nitrogens with one attached hydrogen (secondary N) is 2. The molecule has 4 N–H and O–H groups in total. The number of carbonyl (C=O) groups is 1. The molecule has 3 rings (SSSR count). The normalized spacial score (nSPS) is 19.4. The summed E-state index contributed by atoms with van der Waals surface area (Å²) in [6.45, 7) is 4.05. The minimum absolute atomic E-state index is 0.0468. The summed E-state index contributed by atoms with van der Waals surface area (Å²) in [5, 5.41) is 5.60. The molecule has 1 spiro atoms. The van der Waals surface area contributed by atoms with Crippen LogP contribution in [0.2, 0.25) is 0 Å². The van der Waals surface area contributed by atoms with Crippen LogP contribution in [0, 0.1) is 6.92 Å². The van der Waals surface area contributed by atoms with E-state index in [0.717, 1.165) is 0 Å². The molecule has 1 fully saturated rings. The first-order valence-corrected chi connectivity index (χ1v) is 10.0. The van der Waals surface area contributed by atoms with E-state index in [9.17, 15) is 22.8 Å². The fourth-order valence-electron chi connectivity index (χ4n) is 4.06. The topological polar surface area (TPSA) is 117 Å². The van der Waals surface area contributed by atoms with E-state index in [4.69, 9.17) is 17.3 Å². The molecule has 1 saturated heterocycles. The van der Waals surface area contributed by atoms with Gasteiger partial charge in [-0.25, -0.2) is 4.99 Å². The van der Waals surface area contributed by atoms with E-state index in [2.05, 4.69) is 27.3 Å². The number of aliphatic imine (C=N–C) groups is 2. The van der Waals surface area contributed by atoms with Gasteiger partial charge in [-0.1, -0.05) is 11.6 Å². The Balaban J connectivity index is 2.00. The molecule has 0 unspecified atom stereocenters. The van der Waals surface area contributed by atoms with Crippen LogP contribution in [-0.4, -0.2) is 60.8 Å². The quantitative estimate of drug-likeness (QED) is 0.454. The number of hydrogen-bond acceptors (Lipinski definition) is 6. The van der Waals surface area contributed by atoms with Crippen molar-refractivity contribution in [3.63, 3.8) is 0 Å². The maximum Gasteiger partial charge on any atom is 0.401 e. The van der Waals surface area contributed by atoms with Gasteiger partial charge in [0.05, 0.1) is 6.54 Å². The second kappa shape index (κ2) is 8.58. The second-order valence-electron chi connectivity index (χ2n) is 7.66. The zero-order valence-electron chi connectivity index (χ0n) is 17.5. The second-order valence-corrected chi connectivity index (χ2v) is 8.04. The molecule has 0 aliphatic carbocycles. The average Bonchev–Trinajstić information content (AvgIpc) is 3.01. The van der Waals surface area contributed by atoms with Crippen LogP contribution in [0.3, 0.4) is 0 Å². The summed E-state index contributed by atoms with van der Waals surface area (Å²) in [6, 6.07) is 1.48. The maximum absolute atomic E-state index is 13.4. The lowest BCUT2D eigenvalue weighted by Gasteiger charge is -2.40. The number of halogens is 4. The van der Waals surface area contributed by atoms with Crippen LogP contribution in [0.25, 0.3) is 0 Å². The molecular weight excluding hydrogens is 451 g/mol. The van der Waals surface area contributed by atoms with Gasteiger partial charge in [0.25, 0.3) is 11.5 Å². The summed E-state index contributed by atoms with van der Waals surface area (Å²) in [7, 11) is 1.43. The van der Waals surface area contributed by atoms with Gasteiger partial charge in [-0.2, -0.15) is 13.2 Å². The third-order valence-corrected chi connectivity index (χ3v) is 5.92. The predicted octanol–water partition coefficient (Wildman–Crippen LogP) is 1.72. The fraction of sp³-hybridized carbons (Fsp3) is 0.474. The van der Waals surface area contributed by atoms with E-state index < -0.39 is 29.9 Å². The molecule has 2 aliphatic heterocycles. The molecule has 0 bridgehead atoms. The Morgan fingerprint density at radius 3 is 2.53 bits per heavy atom. The highest BCUT2D eigenvalue weighted by Crippen LogP contribution is 2.35. The third-order valence-electron chi connectivity index (χ3n) is 5.55. The van der Waals surface area contributed by atoms with Crippen molar-refractivity contribution in [2.45, 2.75) is 31.6 Å². The van der Waals surface area contributed by atoms with Crippen molar-refractivity contribution in [2.24, 2.45) is 15.7 Å². The van der Waals surface area contributed by atoms with Crippen LogP contribution in [0.15, 0.2) is 31.7 Å². The monoisotopic (exact) mass is 473 g/mol. The number of nitrogens with zero attached hydrogens (tertiary/aromatic N) is 4. The summed E-state index contributed by atoms with van der Waals surface area (Å²) in [5.41, 5.74) is 4.77. The lowest BCUT2D eigenvalue weighted by molar-refractivity contribution is -0.150. The standard InChI is InChI=1S/C19H23ClF3N7O2/c1-10-8-11(27-15(26-3)12(20)14(24)25-2)17(32)30-13(10)16(31)28-18(30)4-6-29(7-5-18)9-19(21,22)23/h8H,2,4-7,9,24H2,1,3H3,(H,26,27)(H,28,31)/b14-12+. The Morgan fingerprint density at radius 2 is 2.00 bits per heavy atom. The van der Waals surface area contributed by atoms with Gasteiger partial charge in [0, 0.05) is 33.0 Å². The number of pyridine rings is 1. The zero-order valence-corrected chi connectivity index (χ0v) is 18.3. The van der Waals surface area contributed by atoms with E-state index in [1.165, 1.54) is 22.6 Å². The number of amides is 1. The lowest BCUT2D eigenvalue weighted by atomic mass is 9.96. The number of piperidine rings is 1. The first kappa shape index (κ1) is 23.8. The number of aryl methyl sites for hydroxylation is 1. The van der Waals surface area contributed by atoms with Crippen molar-refractivity contribution >= 4 is 35.7 Å². The number of carbonyl (C=O) groups excluding carboxylic acids is 1. The molecule has 1 amide bonds. The Hall–Kier alpha value is -2.86. The van der Waals surface area contributed by atoms with Crippen LogP contribution >= 0.6 is 11.6 Å². The first-order chi connectivity index (χ1) is 14.9. The van der Waals surface area contributed by atoms with Crippen molar-refractivity contribution in [1.82, 2.24) is 14.8 Å². The Morgan fingerprint density at radius 1 is 1.38 bits per heavy atom. The van der Waals surface area contributed by atoms with Crippen LogP contribution in [0.1, 0.15) is 28.9 Å². The van der Waals surface area contributed by atoms with Gasteiger partial charge in [0.2, 0.25) is 0 Å². The highest BCUT2D eigenvalue weighted by molar-refractivity contribution is 6.45. The lowest BCUT2D eigenvalue weighted by Crippen LogP contribution is -2.55. The summed E-state index contributed by atoms with van der Waals surface area (Å²) >= 11 is 6.15. The number of aromatic nitrogens is 1. The molecule has 3 heterocycles.